The fourth-order valence-corrected chi connectivity index (χ4v) is 6.21. The second-order valence-corrected chi connectivity index (χ2v) is 12.0. The quantitative estimate of drug-likeness (QED) is 0.269. The third-order valence-electron chi connectivity index (χ3n) is 8.68. The SMILES string of the molecule is C[C@@H]1CCN(C(Cc2cccc3ccccc23)C(N)=O)C(=O)[C@H](c2cccc(C(F)(F)F)c2)N1C(=O)Cc1ccc(N(C)C)cc1. The summed E-state index contributed by atoms with van der Waals surface area (Å²) < 4.78 is 41.6. The van der Waals surface area contributed by atoms with Crippen LogP contribution in [0.2, 0.25) is 0 Å². The number of rotatable bonds is 8. The number of anilines is 1. The van der Waals surface area contributed by atoms with Crippen LogP contribution in [0.25, 0.3) is 10.8 Å². The van der Waals surface area contributed by atoms with Crippen LogP contribution in [0, 0.1) is 0 Å². The number of hydrogen-bond donors (Lipinski definition) is 1. The third kappa shape index (κ3) is 6.85. The van der Waals surface area contributed by atoms with Crippen LogP contribution >= 0.6 is 0 Å². The number of alkyl halides is 3. The van der Waals surface area contributed by atoms with Crippen LogP contribution in [-0.4, -0.2) is 60.2 Å². The third-order valence-corrected chi connectivity index (χ3v) is 8.68. The van der Waals surface area contributed by atoms with E-state index < -0.39 is 47.6 Å². The number of hydrogen-bond acceptors (Lipinski definition) is 4. The lowest BCUT2D eigenvalue weighted by Gasteiger charge is -2.36. The topological polar surface area (TPSA) is 87.0 Å². The number of nitrogens with zero attached hydrogens (tertiary/aromatic N) is 3. The van der Waals surface area contributed by atoms with E-state index in [4.69, 9.17) is 5.73 Å². The zero-order valence-corrected chi connectivity index (χ0v) is 26.0. The van der Waals surface area contributed by atoms with Crippen molar-refractivity contribution in [3.05, 3.63) is 113 Å². The molecule has 5 rings (SSSR count). The number of nitrogens with two attached hydrogens (primary N) is 1. The smallest absolute Gasteiger partial charge is 0.378 e. The number of fused-ring (bicyclic) bond motifs is 1. The van der Waals surface area contributed by atoms with E-state index >= 15 is 0 Å². The molecule has 0 aromatic heterocycles. The van der Waals surface area contributed by atoms with Crippen molar-refractivity contribution in [2.75, 3.05) is 25.5 Å². The van der Waals surface area contributed by atoms with Crippen LogP contribution in [0.3, 0.4) is 0 Å². The predicted octanol–water partition coefficient (Wildman–Crippen LogP) is 5.75. The van der Waals surface area contributed by atoms with Crippen molar-refractivity contribution in [1.82, 2.24) is 9.80 Å². The molecular formula is C36H37F3N4O3. The standard InChI is InChI=1S/C36H37F3N4O3/c1-23-18-19-42(31(34(40)45)22-26-10-6-9-25-8-4-5-13-30(25)26)35(46)33(27-11-7-12-28(21-27)36(37,38)39)43(23)32(44)20-24-14-16-29(17-15-24)41(2)3/h4-17,21,23,31,33H,18-20,22H2,1-3H3,(H2,40,45)/t23-,31?,33+/m1/s1. The first-order valence-corrected chi connectivity index (χ1v) is 15.2. The summed E-state index contributed by atoms with van der Waals surface area (Å²) in [6.07, 6.45) is -4.32. The van der Waals surface area contributed by atoms with Gasteiger partial charge in [-0.3, -0.25) is 14.4 Å². The molecule has 0 spiro atoms. The first-order valence-electron chi connectivity index (χ1n) is 15.2. The minimum Gasteiger partial charge on any atom is -0.378 e. The molecule has 3 amide bonds. The summed E-state index contributed by atoms with van der Waals surface area (Å²) >= 11 is 0. The Bertz CT molecular complexity index is 1730. The zero-order valence-electron chi connectivity index (χ0n) is 26.0. The molecule has 4 aromatic rings. The van der Waals surface area contributed by atoms with E-state index in [1.807, 2.05) is 85.7 Å². The van der Waals surface area contributed by atoms with E-state index in [1.165, 1.54) is 21.9 Å². The molecule has 240 valence electrons. The minimum atomic E-state index is -4.66. The summed E-state index contributed by atoms with van der Waals surface area (Å²) in [5.74, 6) is -1.80. The molecule has 1 unspecified atom stereocenters. The summed E-state index contributed by atoms with van der Waals surface area (Å²) in [4.78, 5) is 46.3. The largest absolute Gasteiger partial charge is 0.416 e. The van der Waals surface area contributed by atoms with Gasteiger partial charge in [0.25, 0.3) is 5.91 Å². The lowest BCUT2D eigenvalue weighted by Crippen LogP contribution is -2.52. The molecule has 7 nitrogen and oxygen atoms in total. The van der Waals surface area contributed by atoms with Gasteiger partial charge in [-0.1, -0.05) is 66.7 Å². The molecule has 4 aromatic carbocycles. The molecule has 1 aliphatic rings. The number of carbonyl (C=O) groups is 3. The minimum absolute atomic E-state index is 0.0169. The first-order chi connectivity index (χ1) is 21.8. The van der Waals surface area contributed by atoms with Gasteiger partial charge >= 0.3 is 6.18 Å². The summed E-state index contributed by atoms with van der Waals surface area (Å²) in [5, 5.41) is 1.86. The Hall–Kier alpha value is -4.86. The van der Waals surface area contributed by atoms with Crippen molar-refractivity contribution in [3.8, 4) is 0 Å². The first kappa shape index (κ1) is 32.5. The Balaban J connectivity index is 1.56. The van der Waals surface area contributed by atoms with Gasteiger partial charge in [0.1, 0.15) is 12.1 Å². The predicted molar refractivity (Wildman–Crippen MR) is 172 cm³/mol. The van der Waals surface area contributed by atoms with Gasteiger partial charge < -0.3 is 20.4 Å². The summed E-state index contributed by atoms with van der Waals surface area (Å²) in [5.41, 5.74) is 7.46. The van der Waals surface area contributed by atoms with Crippen LogP contribution < -0.4 is 10.6 Å². The van der Waals surface area contributed by atoms with Crippen LogP contribution in [0.1, 0.15) is 41.6 Å². The molecule has 1 aliphatic heterocycles. The Morgan fingerprint density at radius 1 is 0.957 bits per heavy atom. The summed E-state index contributed by atoms with van der Waals surface area (Å²) in [6, 6.07) is 22.2. The second-order valence-electron chi connectivity index (χ2n) is 12.0. The molecular weight excluding hydrogens is 593 g/mol. The molecule has 0 bridgehead atoms. The van der Waals surface area contributed by atoms with Crippen molar-refractivity contribution < 1.29 is 27.6 Å². The van der Waals surface area contributed by atoms with Crippen molar-refractivity contribution in [1.29, 1.82) is 0 Å². The van der Waals surface area contributed by atoms with E-state index in [2.05, 4.69) is 0 Å². The molecule has 0 saturated carbocycles. The lowest BCUT2D eigenvalue weighted by molar-refractivity contribution is -0.148. The van der Waals surface area contributed by atoms with Crippen LogP contribution in [-0.2, 0) is 33.4 Å². The van der Waals surface area contributed by atoms with Crippen molar-refractivity contribution in [3.63, 3.8) is 0 Å². The molecule has 3 atom stereocenters. The molecule has 46 heavy (non-hydrogen) atoms. The molecule has 0 radical (unpaired) electrons. The van der Waals surface area contributed by atoms with E-state index in [1.54, 1.807) is 6.92 Å². The normalized spacial score (nSPS) is 17.9. The molecule has 2 N–H and O–H groups in total. The van der Waals surface area contributed by atoms with Gasteiger partial charge in [0.05, 0.1) is 12.0 Å². The highest BCUT2D eigenvalue weighted by atomic mass is 19.4. The number of halogens is 3. The van der Waals surface area contributed by atoms with Gasteiger partial charge in [0, 0.05) is 38.8 Å². The number of amides is 3. The monoisotopic (exact) mass is 630 g/mol. The van der Waals surface area contributed by atoms with E-state index in [0.717, 1.165) is 34.2 Å². The fourth-order valence-electron chi connectivity index (χ4n) is 6.21. The maximum Gasteiger partial charge on any atom is 0.416 e. The molecule has 1 heterocycles. The van der Waals surface area contributed by atoms with E-state index in [0.29, 0.717) is 12.0 Å². The second kappa shape index (κ2) is 13.2. The summed E-state index contributed by atoms with van der Waals surface area (Å²) in [6.45, 7) is 1.86. The average molecular weight is 631 g/mol. The summed E-state index contributed by atoms with van der Waals surface area (Å²) in [7, 11) is 3.80. The highest BCUT2D eigenvalue weighted by molar-refractivity contribution is 5.94. The molecule has 1 fully saturated rings. The van der Waals surface area contributed by atoms with Crippen molar-refractivity contribution in [2.45, 2.75) is 50.5 Å². The van der Waals surface area contributed by atoms with Crippen LogP contribution in [0.5, 0.6) is 0 Å². The Morgan fingerprint density at radius 3 is 2.30 bits per heavy atom. The molecule has 0 aliphatic carbocycles. The number of primary amides is 1. The van der Waals surface area contributed by atoms with Gasteiger partial charge in [0.15, 0.2) is 0 Å². The van der Waals surface area contributed by atoms with Gasteiger partial charge in [-0.15, -0.1) is 0 Å². The number of carbonyl (C=O) groups excluding carboxylic acids is 3. The van der Waals surface area contributed by atoms with Gasteiger partial charge in [-0.25, -0.2) is 0 Å². The number of benzene rings is 4. The Morgan fingerprint density at radius 2 is 1.63 bits per heavy atom. The maximum absolute atomic E-state index is 14.6. The van der Waals surface area contributed by atoms with Gasteiger partial charge in [0.2, 0.25) is 11.8 Å². The Kier molecular flexibility index (Phi) is 9.37. The average Bonchev–Trinajstić information content (AvgIpc) is 3.15. The van der Waals surface area contributed by atoms with Crippen molar-refractivity contribution >= 4 is 34.2 Å². The lowest BCUT2D eigenvalue weighted by atomic mass is 9.96. The van der Waals surface area contributed by atoms with Crippen molar-refractivity contribution in [2.24, 2.45) is 5.73 Å². The Labute approximate surface area is 266 Å². The fraction of sp³-hybridized carbons (Fsp3) is 0.306. The highest BCUT2D eigenvalue weighted by Crippen LogP contribution is 2.36. The van der Waals surface area contributed by atoms with E-state index in [-0.39, 0.29) is 24.9 Å². The highest BCUT2D eigenvalue weighted by Gasteiger charge is 2.44. The van der Waals surface area contributed by atoms with E-state index in [9.17, 15) is 27.6 Å². The molecule has 10 heteroatoms. The zero-order chi connectivity index (χ0) is 33.2. The van der Waals surface area contributed by atoms with Gasteiger partial charge in [-0.05, 0) is 65.1 Å². The maximum atomic E-state index is 14.6. The van der Waals surface area contributed by atoms with Crippen LogP contribution in [0.15, 0.2) is 91.0 Å². The molecule has 1 saturated heterocycles. The van der Waals surface area contributed by atoms with Crippen LogP contribution in [0.4, 0.5) is 18.9 Å². The van der Waals surface area contributed by atoms with Gasteiger partial charge in [-0.2, -0.15) is 13.2 Å².